The zero-order chi connectivity index (χ0) is 12.1. The Hall–Kier alpha value is -1.02. The second-order valence-corrected chi connectivity index (χ2v) is 5.46. The van der Waals surface area contributed by atoms with Gasteiger partial charge in [-0.1, -0.05) is 37.5 Å². The first kappa shape index (κ1) is 12.4. The molecular weight excluding hydrogens is 208 g/mol. The van der Waals surface area contributed by atoms with Crippen molar-refractivity contribution in [1.82, 2.24) is 0 Å². The van der Waals surface area contributed by atoms with Gasteiger partial charge in [0.15, 0.2) is 0 Å². The zero-order valence-corrected chi connectivity index (χ0v) is 10.9. The summed E-state index contributed by atoms with van der Waals surface area (Å²) in [6.45, 7) is 1.91. The Morgan fingerprint density at radius 1 is 1.12 bits per heavy atom. The summed E-state index contributed by atoms with van der Waals surface area (Å²) in [5.74, 6) is 0. The Morgan fingerprint density at radius 3 is 2.35 bits per heavy atom. The van der Waals surface area contributed by atoms with E-state index in [-0.39, 0.29) is 0 Å². The first-order valence-corrected chi connectivity index (χ1v) is 6.72. The fraction of sp³-hybridized carbons (Fsp3) is 0.600. The van der Waals surface area contributed by atoms with Gasteiger partial charge in [-0.15, -0.1) is 0 Å². The van der Waals surface area contributed by atoms with Crippen molar-refractivity contribution in [3.8, 4) is 0 Å². The third-order valence-corrected chi connectivity index (χ3v) is 4.12. The van der Waals surface area contributed by atoms with E-state index >= 15 is 0 Å². The SMILES string of the molecule is CN(CC1(CN)CCCCC1)c1ccccc1. The molecule has 0 aliphatic heterocycles. The minimum atomic E-state index is 0.350. The second-order valence-electron chi connectivity index (χ2n) is 5.46. The number of anilines is 1. The summed E-state index contributed by atoms with van der Waals surface area (Å²) in [4.78, 5) is 2.36. The third-order valence-electron chi connectivity index (χ3n) is 4.12. The van der Waals surface area contributed by atoms with Crippen LogP contribution in [0.25, 0.3) is 0 Å². The summed E-state index contributed by atoms with van der Waals surface area (Å²) < 4.78 is 0. The number of rotatable bonds is 4. The molecule has 0 saturated heterocycles. The lowest BCUT2D eigenvalue weighted by molar-refractivity contribution is 0.206. The van der Waals surface area contributed by atoms with Crippen molar-refractivity contribution in [2.75, 3.05) is 25.0 Å². The molecule has 0 radical (unpaired) electrons. The molecule has 0 heterocycles. The lowest BCUT2D eigenvalue weighted by Crippen LogP contribution is -2.42. The minimum absolute atomic E-state index is 0.350. The number of hydrogen-bond acceptors (Lipinski definition) is 2. The largest absolute Gasteiger partial charge is 0.374 e. The van der Waals surface area contributed by atoms with Crippen LogP contribution in [-0.4, -0.2) is 20.1 Å². The van der Waals surface area contributed by atoms with E-state index in [1.165, 1.54) is 37.8 Å². The molecule has 2 N–H and O–H groups in total. The van der Waals surface area contributed by atoms with Gasteiger partial charge in [-0.3, -0.25) is 0 Å². The molecule has 0 spiro atoms. The van der Waals surface area contributed by atoms with Crippen molar-refractivity contribution in [2.24, 2.45) is 11.1 Å². The summed E-state index contributed by atoms with van der Waals surface area (Å²) in [6.07, 6.45) is 6.66. The molecule has 1 aromatic rings. The lowest BCUT2D eigenvalue weighted by atomic mass is 9.73. The Balaban J connectivity index is 2.03. The number of para-hydroxylation sites is 1. The van der Waals surface area contributed by atoms with Crippen LogP contribution in [0.15, 0.2) is 30.3 Å². The topological polar surface area (TPSA) is 29.3 Å². The van der Waals surface area contributed by atoms with Crippen molar-refractivity contribution < 1.29 is 0 Å². The van der Waals surface area contributed by atoms with Crippen LogP contribution in [0.1, 0.15) is 32.1 Å². The summed E-state index contributed by atoms with van der Waals surface area (Å²) in [6, 6.07) is 10.6. The van der Waals surface area contributed by atoms with E-state index in [0.717, 1.165) is 13.1 Å². The average molecular weight is 232 g/mol. The molecule has 0 unspecified atom stereocenters. The molecule has 1 fully saturated rings. The quantitative estimate of drug-likeness (QED) is 0.864. The molecule has 1 aliphatic carbocycles. The van der Waals surface area contributed by atoms with Crippen molar-refractivity contribution in [3.63, 3.8) is 0 Å². The van der Waals surface area contributed by atoms with E-state index < -0.39 is 0 Å². The Kier molecular flexibility index (Phi) is 4.06. The van der Waals surface area contributed by atoms with Gasteiger partial charge in [0.05, 0.1) is 0 Å². The van der Waals surface area contributed by atoms with Crippen LogP contribution in [0.5, 0.6) is 0 Å². The molecule has 2 nitrogen and oxygen atoms in total. The Bertz CT molecular complexity index is 328. The van der Waals surface area contributed by atoms with Crippen LogP contribution in [0, 0.1) is 5.41 Å². The molecule has 1 aliphatic rings. The van der Waals surface area contributed by atoms with Crippen LogP contribution in [0.2, 0.25) is 0 Å². The van der Waals surface area contributed by atoms with Crippen LogP contribution in [0.3, 0.4) is 0 Å². The van der Waals surface area contributed by atoms with Gasteiger partial charge in [0.25, 0.3) is 0 Å². The second kappa shape index (κ2) is 5.54. The van der Waals surface area contributed by atoms with Gasteiger partial charge in [-0.05, 0) is 31.5 Å². The first-order valence-electron chi connectivity index (χ1n) is 6.72. The van der Waals surface area contributed by atoms with Gasteiger partial charge in [-0.25, -0.2) is 0 Å². The highest BCUT2D eigenvalue weighted by atomic mass is 15.1. The summed E-state index contributed by atoms with van der Waals surface area (Å²) >= 11 is 0. The molecule has 1 aromatic carbocycles. The molecule has 0 atom stereocenters. The molecule has 2 rings (SSSR count). The van der Waals surface area contributed by atoms with E-state index in [1.54, 1.807) is 0 Å². The smallest absolute Gasteiger partial charge is 0.0363 e. The maximum absolute atomic E-state index is 6.04. The molecular formula is C15H24N2. The van der Waals surface area contributed by atoms with E-state index in [2.05, 4.69) is 42.3 Å². The van der Waals surface area contributed by atoms with Gasteiger partial charge in [-0.2, -0.15) is 0 Å². The van der Waals surface area contributed by atoms with Crippen LogP contribution >= 0.6 is 0 Å². The summed E-state index contributed by atoms with van der Waals surface area (Å²) in [5, 5.41) is 0. The van der Waals surface area contributed by atoms with Crippen LogP contribution in [0.4, 0.5) is 5.69 Å². The number of hydrogen-bond donors (Lipinski definition) is 1. The number of nitrogens with two attached hydrogens (primary N) is 1. The molecule has 1 saturated carbocycles. The fourth-order valence-corrected chi connectivity index (χ4v) is 3.01. The van der Waals surface area contributed by atoms with Gasteiger partial charge in [0, 0.05) is 24.7 Å². The highest BCUT2D eigenvalue weighted by Gasteiger charge is 2.31. The average Bonchev–Trinajstić information content (AvgIpc) is 2.41. The Morgan fingerprint density at radius 2 is 1.76 bits per heavy atom. The fourth-order valence-electron chi connectivity index (χ4n) is 3.01. The maximum Gasteiger partial charge on any atom is 0.0363 e. The van der Waals surface area contributed by atoms with E-state index in [4.69, 9.17) is 5.73 Å². The van der Waals surface area contributed by atoms with Crippen molar-refractivity contribution in [3.05, 3.63) is 30.3 Å². The minimum Gasteiger partial charge on any atom is -0.374 e. The zero-order valence-electron chi connectivity index (χ0n) is 10.9. The van der Waals surface area contributed by atoms with Crippen LogP contribution in [-0.2, 0) is 0 Å². The lowest BCUT2D eigenvalue weighted by Gasteiger charge is -2.40. The summed E-state index contributed by atoms with van der Waals surface area (Å²) in [5.41, 5.74) is 7.69. The first-order chi connectivity index (χ1) is 8.26. The van der Waals surface area contributed by atoms with Gasteiger partial charge in [0.1, 0.15) is 0 Å². The predicted octanol–water partition coefficient (Wildman–Crippen LogP) is 3.03. The third kappa shape index (κ3) is 3.01. The maximum atomic E-state index is 6.04. The van der Waals surface area contributed by atoms with E-state index in [1.807, 2.05) is 0 Å². The predicted molar refractivity (Wildman–Crippen MR) is 74.3 cm³/mol. The molecule has 0 amide bonds. The summed E-state index contributed by atoms with van der Waals surface area (Å²) in [7, 11) is 2.18. The number of benzene rings is 1. The highest BCUT2D eigenvalue weighted by Crippen LogP contribution is 2.36. The van der Waals surface area contributed by atoms with Gasteiger partial charge >= 0.3 is 0 Å². The Labute approximate surface area is 105 Å². The number of nitrogens with zero attached hydrogens (tertiary/aromatic N) is 1. The molecule has 0 bridgehead atoms. The van der Waals surface area contributed by atoms with Crippen LogP contribution < -0.4 is 10.6 Å². The molecule has 0 aromatic heterocycles. The van der Waals surface area contributed by atoms with Gasteiger partial charge in [0.2, 0.25) is 0 Å². The molecule has 94 valence electrons. The monoisotopic (exact) mass is 232 g/mol. The highest BCUT2D eigenvalue weighted by molar-refractivity contribution is 5.45. The molecule has 2 heteroatoms. The van der Waals surface area contributed by atoms with Crippen molar-refractivity contribution >= 4 is 5.69 Å². The normalized spacial score (nSPS) is 18.9. The van der Waals surface area contributed by atoms with Gasteiger partial charge < -0.3 is 10.6 Å². The van der Waals surface area contributed by atoms with Crippen molar-refractivity contribution in [2.45, 2.75) is 32.1 Å². The standard InChI is InChI=1S/C15H24N2/c1-17(14-8-4-2-5-9-14)13-15(12-16)10-6-3-7-11-15/h2,4-5,8-9H,3,6-7,10-13,16H2,1H3. The van der Waals surface area contributed by atoms with Crippen molar-refractivity contribution in [1.29, 1.82) is 0 Å². The van der Waals surface area contributed by atoms with E-state index in [0.29, 0.717) is 5.41 Å². The van der Waals surface area contributed by atoms with E-state index in [9.17, 15) is 0 Å². The molecule has 17 heavy (non-hydrogen) atoms.